The van der Waals surface area contributed by atoms with Crippen molar-refractivity contribution >= 4 is 5.78 Å². The number of piperidine rings is 1. The molecule has 2 nitrogen and oxygen atoms in total. The van der Waals surface area contributed by atoms with Gasteiger partial charge in [-0.25, -0.2) is 0 Å². The van der Waals surface area contributed by atoms with Gasteiger partial charge in [-0.15, -0.1) is 0 Å². The van der Waals surface area contributed by atoms with Gasteiger partial charge in [-0.05, 0) is 31.1 Å². The van der Waals surface area contributed by atoms with Crippen LogP contribution in [0.4, 0.5) is 0 Å². The highest BCUT2D eigenvalue weighted by atomic mass is 16.1. The molecule has 1 saturated carbocycles. The minimum atomic E-state index is 0.278. The van der Waals surface area contributed by atoms with Gasteiger partial charge in [-0.3, -0.25) is 9.69 Å². The van der Waals surface area contributed by atoms with Gasteiger partial charge in [-0.1, -0.05) is 13.8 Å². The van der Waals surface area contributed by atoms with Gasteiger partial charge in [0, 0.05) is 19.5 Å². The van der Waals surface area contributed by atoms with Gasteiger partial charge in [0.05, 0.1) is 6.04 Å². The Kier molecular flexibility index (Phi) is 2.91. The van der Waals surface area contributed by atoms with Gasteiger partial charge >= 0.3 is 0 Å². The topological polar surface area (TPSA) is 20.3 Å². The van der Waals surface area contributed by atoms with E-state index in [1.54, 1.807) is 0 Å². The second-order valence-electron chi connectivity index (χ2n) is 5.27. The average Bonchev–Trinajstić information content (AvgIpc) is 2.49. The van der Waals surface area contributed by atoms with Crippen LogP contribution in [0.1, 0.15) is 39.5 Å². The van der Waals surface area contributed by atoms with E-state index < -0.39 is 0 Å². The Morgan fingerprint density at radius 3 is 2.36 bits per heavy atom. The predicted octanol–water partition coefficient (Wildman–Crippen LogP) is 2.09. The molecule has 2 rings (SSSR count). The first-order valence-electron chi connectivity index (χ1n) is 5.93. The van der Waals surface area contributed by atoms with Crippen molar-refractivity contribution in [3.63, 3.8) is 0 Å². The third-order valence-electron chi connectivity index (χ3n) is 3.61. The number of ketones is 1. The fourth-order valence-electron chi connectivity index (χ4n) is 3.15. The first-order valence-corrected chi connectivity index (χ1v) is 5.93. The molecule has 0 amide bonds. The molecule has 0 bridgehead atoms. The zero-order chi connectivity index (χ0) is 10.1. The zero-order valence-corrected chi connectivity index (χ0v) is 9.33. The third kappa shape index (κ3) is 2.00. The largest absolute Gasteiger partial charge is 0.298 e. The van der Waals surface area contributed by atoms with Crippen LogP contribution in [0.25, 0.3) is 0 Å². The summed E-state index contributed by atoms with van der Waals surface area (Å²) in [6, 6.07) is 0.278. The Balaban J connectivity index is 1.99. The Morgan fingerprint density at radius 2 is 1.86 bits per heavy atom. The molecule has 0 N–H and O–H groups in total. The van der Waals surface area contributed by atoms with Crippen LogP contribution in [0.2, 0.25) is 0 Å². The highest BCUT2D eigenvalue weighted by Gasteiger charge is 2.33. The quantitative estimate of drug-likeness (QED) is 0.638. The minimum absolute atomic E-state index is 0.278. The van der Waals surface area contributed by atoms with E-state index in [0.717, 1.165) is 44.2 Å². The molecule has 2 fully saturated rings. The van der Waals surface area contributed by atoms with Gasteiger partial charge in [0.1, 0.15) is 5.78 Å². The molecule has 1 saturated heterocycles. The molecule has 0 radical (unpaired) electrons. The van der Waals surface area contributed by atoms with Crippen LogP contribution in [0.3, 0.4) is 0 Å². The van der Waals surface area contributed by atoms with Gasteiger partial charge in [-0.2, -0.15) is 0 Å². The van der Waals surface area contributed by atoms with Crippen molar-refractivity contribution < 1.29 is 4.79 Å². The van der Waals surface area contributed by atoms with Crippen LogP contribution < -0.4 is 0 Å². The summed E-state index contributed by atoms with van der Waals surface area (Å²) in [5, 5.41) is 0. The summed E-state index contributed by atoms with van der Waals surface area (Å²) < 4.78 is 0. The summed E-state index contributed by atoms with van der Waals surface area (Å²) in [6.07, 6.45) is 4.38. The summed E-state index contributed by atoms with van der Waals surface area (Å²) in [5.41, 5.74) is 0. The maximum absolute atomic E-state index is 11.6. The monoisotopic (exact) mass is 195 g/mol. The maximum atomic E-state index is 11.6. The van der Waals surface area contributed by atoms with Crippen molar-refractivity contribution in [2.24, 2.45) is 11.8 Å². The second-order valence-corrected chi connectivity index (χ2v) is 5.27. The fourth-order valence-corrected chi connectivity index (χ4v) is 3.15. The number of hydrogen-bond donors (Lipinski definition) is 0. The smallest absolute Gasteiger partial charge is 0.149 e. The van der Waals surface area contributed by atoms with E-state index in [1.165, 1.54) is 6.42 Å². The molecule has 3 unspecified atom stereocenters. The van der Waals surface area contributed by atoms with Crippen molar-refractivity contribution in [2.45, 2.75) is 45.6 Å². The van der Waals surface area contributed by atoms with Crippen molar-refractivity contribution in [3.05, 3.63) is 0 Å². The van der Waals surface area contributed by atoms with E-state index in [1.807, 2.05) is 0 Å². The maximum Gasteiger partial charge on any atom is 0.149 e. The number of rotatable bonds is 1. The zero-order valence-electron chi connectivity index (χ0n) is 9.33. The highest BCUT2D eigenvalue weighted by molar-refractivity contribution is 5.85. The molecule has 1 aliphatic carbocycles. The van der Waals surface area contributed by atoms with Crippen molar-refractivity contribution in [1.82, 2.24) is 4.90 Å². The number of hydrogen-bond acceptors (Lipinski definition) is 2. The van der Waals surface area contributed by atoms with Crippen molar-refractivity contribution in [2.75, 3.05) is 13.1 Å². The summed E-state index contributed by atoms with van der Waals surface area (Å²) in [7, 11) is 0. The lowest BCUT2D eigenvalue weighted by Gasteiger charge is -2.38. The molecule has 0 aromatic carbocycles. The number of Topliss-reactive ketones (excluding diaryl/α,β-unsaturated/α-hetero) is 1. The molecule has 1 heterocycles. The second kappa shape index (κ2) is 4.01. The summed E-state index contributed by atoms with van der Waals surface area (Å²) in [5.74, 6) is 2.03. The first-order chi connectivity index (χ1) is 6.66. The first kappa shape index (κ1) is 10.2. The number of carbonyl (C=O) groups is 1. The van der Waals surface area contributed by atoms with Crippen LogP contribution in [-0.4, -0.2) is 29.8 Å². The third-order valence-corrected chi connectivity index (χ3v) is 3.61. The standard InChI is InChI=1S/C12H21NO/c1-9-6-10(2)8-13(7-9)11-4-3-5-12(11)14/h9-11H,3-8H2,1-2H3. The van der Waals surface area contributed by atoms with E-state index >= 15 is 0 Å². The van der Waals surface area contributed by atoms with Crippen LogP contribution in [0, 0.1) is 11.8 Å². The SMILES string of the molecule is CC1CC(C)CN(C2CCCC2=O)C1. The Morgan fingerprint density at radius 1 is 1.21 bits per heavy atom. The van der Waals surface area contributed by atoms with E-state index in [-0.39, 0.29) is 6.04 Å². The summed E-state index contributed by atoms with van der Waals surface area (Å²) in [4.78, 5) is 14.1. The molecular weight excluding hydrogens is 174 g/mol. The van der Waals surface area contributed by atoms with Crippen LogP contribution in [0.5, 0.6) is 0 Å². The molecule has 2 heteroatoms. The minimum Gasteiger partial charge on any atom is -0.298 e. The number of likely N-dealkylation sites (tertiary alicyclic amines) is 1. The number of nitrogens with zero attached hydrogens (tertiary/aromatic N) is 1. The summed E-state index contributed by atoms with van der Waals surface area (Å²) in [6.45, 7) is 6.89. The molecule has 80 valence electrons. The predicted molar refractivity (Wildman–Crippen MR) is 57.2 cm³/mol. The van der Waals surface area contributed by atoms with Crippen molar-refractivity contribution in [3.8, 4) is 0 Å². The molecule has 1 aliphatic heterocycles. The average molecular weight is 195 g/mol. The van der Waals surface area contributed by atoms with Gasteiger partial charge in [0.25, 0.3) is 0 Å². The number of carbonyl (C=O) groups excluding carboxylic acids is 1. The molecule has 0 spiro atoms. The molecule has 0 aromatic rings. The molecule has 14 heavy (non-hydrogen) atoms. The van der Waals surface area contributed by atoms with Gasteiger partial charge in [0.15, 0.2) is 0 Å². The van der Waals surface area contributed by atoms with Crippen LogP contribution in [0.15, 0.2) is 0 Å². The lowest BCUT2D eigenvalue weighted by atomic mass is 9.90. The Bertz CT molecular complexity index is 216. The van der Waals surface area contributed by atoms with E-state index in [0.29, 0.717) is 5.78 Å². The van der Waals surface area contributed by atoms with Gasteiger partial charge < -0.3 is 0 Å². The molecule has 0 aromatic heterocycles. The summed E-state index contributed by atoms with van der Waals surface area (Å²) >= 11 is 0. The lowest BCUT2D eigenvalue weighted by Crippen LogP contribution is -2.46. The van der Waals surface area contributed by atoms with Crippen molar-refractivity contribution in [1.29, 1.82) is 0 Å². The normalized spacial score (nSPS) is 40.4. The molecule has 3 atom stereocenters. The van der Waals surface area contributed by atoms with E-state index in [2.05, 4.69) is 18.7 Å². The van der Waals surface area contributed by atoms with Gasteiger partial charge in [0.2, 0.25) is 0 Å². The Labute approximate surface area is 86.7 Å². The fraction of sp³-hybridized carbons (Fsp3) is 0.917. The Hall–Kier alpha value is -0.370. The van der Waals surface area contributed by atoms with E-state index in [4.69, 9.17) is 0 Å². The van der Waals surface area contributed by atoms with Crippen LogP contribution >= 0.6 is 0 Å². The lowest BCUT2D eigenvalue weighted by molar-refractivity contribution is -0.122. The van der Waals surface area contributed by atoms with Crippen LogP contribution in [-0.2, 0) is 4.79 Å². The van der Waals surface area contributed by atoms with E-state index in [9.17, 15) is 4.79 Å². The molecule has 2 aliphatic rings. The molecular formula is C12H21NO. The highest BCUT2D eigenvalue weighted by Crippen LogP contribution is 2.27.